The minimum atomic E-state index is -0.718. The number of nitrogens with two attached hydrogens (primary N) is 1. The van der Waals surface area contributed by atoms with Gasteiger partial charge in [0.25, 0.3) is 0 Å². The van der Waals surface area contributed by atoms with Crippen molar-refractivity contribution in [3.63, 3.8) is 0 Å². The summed E-state index contributed by atoms with van der Waals surface area (Å²) in [7, 11) is 0. The second-order valence-electron chi connectivity index (χ2n) is 33.7. The Balaban J connectivity index is 0.000000138. The third-order valence-electron chi connectivity index (χ3n) is 22.4. The lowest BCUT2D eigenvalue weighted by molar-refractivity contribution is 0.0260. The number of ether oxygens (including phenoxy) is 5. The van der Waals surface area contributed by atoms with Crippen LogP contribution in [-0.4, -0.2) is 196 Å². The van der Waals surface area contributed by atoms with Crippen LogP contribution in [0.15, 0.2) is 165 Å². The molecule has 2 amide bonds. The normalized spacial score (nSPS) is 15.6. The van der Waals surface area contributed by atoms with Crippen LogP contribution in [0.3, 0.4) is 0 Å². The van der Waals surface area contributed by atoms with E-state index in [1.54, 1.807) is 53.5 Å². The minimum Gasteiger partial charge on any atom is -0.444 e. The van der Waals surface area contributed by atoms with Gasteiger partial charge in [-0.15, -0.1) is 0 Å². The van der Waals surface area contributed by atoms with Crippen molar-refractivity contribution in [2.75, 3.05) is 149 Å². The highest BCUT2D eigenvalue weighted by molar-refractivity contribution is 6.36. The Labute approximate surface area is 748 Å². The van der Waals surface area contributed by atoms with Gasteiger partial charge in [-0.1, -0.05) is 48.0 Å². The molecule has 15 heterocycles. The smallest absolute Gasteiger partial charge is 0.410 e. The number of morpholine rings is 3. The van der Waals surface area contributed by atoms with Gasteiger partial charge in [-0.2, -0.15) is 0 Å². The summed E-state index contributed by atoms with van der Waals surface area (Å²) in [6.45, 7) is 28.7. The first-order valence-corrected chi connectivity index (χ1v) is 43.2. The van der Waals surface area contributed by atoms with Crippen molar-refractivity contribution in [3.05, 3.63) is 238 Å². The molecule has 5 N–H and O–H groups in total. The Kier molecular flexibility index (Phi) is 28.3. The number of carbonyl (C=O) groups excluding carboxylic acids is 2. The molecule has 0 radical (unpaired) electrons. The van der Waals surface area contributed by atoms with Crippen molar-refractivity contribution in [3.8, 4) is 34.2 Å². The molecule has 670 valence electrons. The summed E-state index contributed by atoms with van der Waals surface area (Å²) in [5.74, 6) is -1.71. The lowest BCUT2D eigenvalue weighted by Gasteiger charge is -2.31. The molecule has 25 nitrogen and oxygen atoms in total. The Morgan fingerprint density at radius 1 is 0.450 bits per heavy atom. The van der Waals surface area contributed by atoms with Crippen molar-refractivity contribution >= 4 is 119 Å². The monoisotopic (exact) mass is 1780 g/mol. The molecule has 0 spiro atoms. The molecule has 32 heteroatoms. The van der Waals surface area contributed by atoms with Gasteiger partial charge in [-0.05, 0) is 147 Å². The number of fused-ring (bicyclic) bond motifs is 3. The van der Waals surface area contributed by atoms with E-state index in [4.69, 9.17) is 51.0 Å². The molecule has 0 saturated carbocycles. The van der Waals surface area contributed by atoms with Crippen LogP contribution in [0, 0.1) is 55.7 Å². The molecular weight excluding hydrogens is 1680 g/mol. The SMILES string of the molecule is CC(C)(C)OC(=O)N1CC=C(c2cnc(N3CCOCC3)cc2N)CC1.Cc1c(-c2ccccn2)nc2cc(F)cc(F)c2c1Cl.Cc1c(-c2ccccn2)nc2cc(F)cc(F)c2c1Nc1cc(N2CCOCC2)ncc1C1=CCN(C(=O)OC(C)(C)C)CC1.Cc1c(-c2ccccn2)nc2cc(F)cc(F)c2c1Nc1cc(N2CCOCC2)ncc1C1=CCNCC1. The zero-order chi connectivity index (χ0) is 90.8. The summed E-state index contributed by atoms with van der Waals surface area (Å²) in [5.41, 5.74) is 20.5. The Morgan fingerprint density at radius 3 is 1.17 bits per heavy atom. The fourth-order valence-corrected chi connectivity index (χ4v) is 16.2. The average molecular weight is 1780 g/mol. The number of pyridine rings is 9. The van der Waals surface area contributed by atoms with E-state index < -0.39 is 46.1 Å². The number of nitrogens with zero attached hydrogens (tertiary/aromatic N) is 14. The van der Waals surface area contributed by atoms with Crippen molar-refractivity contribution < 1.29 is 59.6 Å². The minimum absolute atomic E-state index is 0.130. The number of amides is 2. The number of nitrogens with one attached hydrogen (secondary N) is 3. The molecule has 3 saturated heterocycles. The molecule has 9 aromatic heterocycles. The third-order valence-corrected chi connectivity index (χ3v) is 22.9. The quantitative estimate of drug-likeness (QED) is 0.0781. The van der Waals surface area contributed by atoms with Crippen LogP contribution in [0.25, 0.3) is 83.6 Å². The molecule has 0 atom stereocenters. The number of aromatic nitrogens is 9. The number of rotatable bonds is 13. The second-order valence-corrected chi connectivity index (χ2v) is 34.0. The van der Waals surface area contributed by atoms with Gasteiger partial charge in [-0.3, -0.25) is 15.0 Å². The van der Waals surface area contributed by atoms with Crippen molar-refractivity contribution in [1.29, 1.82) is 0 Å². The van der Waals surface area contributed by atoms with Gasteiger partial charge in [0.05, 0.1) is 134 Å². The topological polar surface area (TPSA) is 275 Å². The summed E-state index contributed by atoms with van der Waals surface area (Å²) in [4.78, 5) is 75.6. The summed E-state index contributed by atoms with van der Waals surface area (Å²) in [5, 5.41) is 11.2. The molecule has 12 aromatic rings. The first-order chi connectivity index (χ1) is 62.1. The largest absolute Gasteiger partial charge is 0.444 e. The van der Waals surface area contributed by atoms with Crippen molar-refractivity contribution in [2.45, 2.75) is 92.8 Å². The molecule has 6 aliphatic heterocycles. The number of carbonyl (C=O) groups is 2. The fourth-order valence-electron chi connectivity index (χ4n) is 15.9. The van der Waals surface area contributed by atoms with Gasteiger partial charge >= 0.3 is 12.2 Å². The molecule has 3 fully saturated rings. The Morgan fingerprint density at radius 2 is 0.814 bits per heavy atom. The van der Waals surface area contributed by atoms with Crippen molar-refractivity contribution in [1.82, 2.24) is 60.0 Å². The highest BCUT2D eigenvalue weighted by atomic mass is 35.5. The average Bonchev–Trinajstić information content (AvgIpc) is 0.760. The zero-order valence-corrected chi connectivity index (χ0v) is 74.0. The molecule has 3 aromatic carbocycles. The third kappa shape index (κ3) is 21.7. The number of benzene rings is 3. The van der Waals surface area contributed by atoms with Crippen LogP contribution in [0.2, 0.25) is 5.02 Å². The van der Waals surface area contributed by atoms with E-state index in [2.05, 4.69) is 71.6 Å². The molecular formula is C97H101ClF6N18O7. The predicted molar refractivity (Wildman–Crippen MR) is 493 cm³/mol. The van der Waals surface area contributed by atoms with Crippen LogP contribution in [0.1, 0.15) is 94.2 Å². The molecule has 6 aliphatic rings. The summed E-state index contributed by atoms with van der Waals surface area (Å²) >= 11 is 6.21. The molecule has 129 heavy (non-hydrogen) atoms. The van der Waals surface area contributed by atoms with Crippen LogP contribution in [0.5, 0.6) is 0 Å². The number of hydrogen-bond acceptors (Lipinski definition) is 23. The van der Waals surface area contributed by atoms with E-state index in [-0.39, 0.29) is 49.9 Å². The van der Waals surface area contributed by atoms with Gasteiger partial charge in [-0.25, -0.2) is 65.8 Å². The van der Waals surface area contributed by atoms with Crippen LogP contribution in [-0.2, 0) is 23.7 Å². The first kappa shape index (κ1) is 90.8. The van der Waals surface area contributed by atoms with E-state index in [1.807, 2.05) is 141 Å². The van der Waals surface area contributed by atoms with Gasteiger partial charge in [0.2, 0.25) is 0 Å². The number of hydrogen-bond donors (Lipinski definition) is 4. The summed E-state index contributed by atoms with van der Waals surface area (Å²) < 4.78 is 114. The lowest BCUT2D eigenvalue weighted by Crippen LogP contribution is -2.39. The first-order valence-electron chi connectivity index (χ1n) is 42.9. The van der Waals surface area contributed by atoms with E-state index in [1.165, 1.54) is 17.7 Å². The second kappa shape index (κ2) is 40.2. The maximum Gasteiger partial charge on any atom is 0.410 e. The lowest BCUT2D eigenvalue weighted by atomic mass is 9.98. The molecule has 0 aliphatic carbocycles. The Bertz CT molecular complexity index is 6230. The fraction of sp³-hybridized carbons (Fsp3) is 0.330. The van der Waals surface area contributed by atoms with E-state index in [0.29, 0.717) is 134 Å². The van der Waals surface area contributed by atoms with Crippen molar-refractivity contribution in [2.24, 2.45) is 0 Å². The highest BCUT2D eigenvalue weighted by Crippen LogP contribution is 2.44. The van der Waals surface area contributed by atoms with E-state index >= 15 is 8.78 Å². The summed E-state index contributed by atoms with van der Waals surface area (Å²) in [6, 6.07) is 28.5. The van der Waals surface area contributed by atoms with Gasteiger partial charge in [0.1, 0.15) is 63.6 Å². The zero-order valence-electron chi connectivity index (χ0n) is 73.3. The standard InChI is InChI=1S/C34H36F2N6O3.C29H28F2N6O.C19H28N4O3.C15H9ClF2N2/c1-21-31(26-7-5-6-10-37-26)40-28-18-23(35)17-25(36)30(28)32(21)39-27-19-29(41-13-15-44-16-14-41)38-20-24(27)22-8-11-42(12-9-22)33(43)45-34(2,3)4;1-18-28(23-4-2-3-7-33-23)36-25-15-20(30)14-22(31)27(25)29(18)35-24-16-26(37-10-12-38-13-11-37)34-17-21(24)19-5-8-32-9-6-19;1-19(2,3)26-18(24)23-6-4-14(5-7-23)15-13-21-17(12-16(15)20)22-8-10-25-11-9-22;1-8-14(16)13-10(18)6-9(17)7-12(13)20-15(8)11-4-2-3-5-19-11/h5-8,10,17-20H,9,11-16H2,1-4H3,(H,38,39,40);2-5,7,14-17,32H,6,8-13H2,1H3,(H,34,35,36);4,12-13H,5-11H2,1-3H3,(H2,20,21);2-7H,1H3. The maximum atomic E-state index is 15.6. The van der Waals surface area contributed by atoms with E-state index in [9.17, 15) is 27.2 Å². The molecule has 18 rings (SSSR count). The Hall–Kier alpha value is -12.9. The molecule has 0 unspecified atom stereocenters. The summed E-state index contributed by atoms with van der Waals surface area (Å²) in [6.07, 6.45) is 18.2. The van der Waals surface area contributed by atoms with E-state index in [0.717, 1.165) is 152 Å². The van der Waals surface area contributed by atoms with Crippen LogP contribution >= 0.6 is 11.6 Å². The van der Waals surface area contributed by atoms with Crippen LogP contribution < -0.4 is 36.4 Å². The van der Waals surface area contributed by atoms with Crippen LogP contribution in [0.4, 0.5) is 81.8 Å². The number of nitrogen functional groups attached to an aromatic ring is 1. The predicted octanol–water partition coefficient (Wildman–Crippen LogP) is 19.2. The van der Waals surface area contributed by atoms with Gasteiger partial charge < -0.3 is 69.9 Å². The number of halogens is 7. The van der Waals surface area contributed by atoms with Gasteiger partial charge in [0, 0.05) is 197 Å². The molecule has 0 bridgehead atoms. The highest BCUT2D eigenvalue weighted by Gasteiger charge is 2.31. The maximum absolute atomic E-state index is 15.6. The van der Waals surface area contributed by atoms with Gasteiger partial charge in [0.15, 0.2) is 0 Å². The number of anilines is 8.